The molecule has 1 saturated carbocycles. The van der Waals surface area contributed by atoms with Crippen molar-refractivity contribution in [3.63, 3.8) is 0 Å². The van der Waals surface area contributed by atoms with E-state index in [0.29, 0.717) is 0 Å². The zero-order chi connectivity index (χ0) is 19.3. The largest absolute Gasteiger partial charge is 0.356 e. The van der Waals surface area contributed by atoms with Gasteiger partial charge in [0.1, 0.15) is 11.6 Å². The Morgan fingerprint density at radius 3 is 2.68 bits per heavy atom. The number of nitrogens with zero attached hydrogens (tertiary/aromatic N) is 4. The van der Waals surface area contributed by atoms with Crippen molar-refractivity contribution in [2.75, 3.05) is 13.6 Å². The molecule has 0 spiro atoms. The minimum absolute atomic E-state index is 0.190. The van der Waals surface area contributed by atoms with Gasteiger partial charge in [0.25, 0.3) is 0 Å². The van der Waals surface area contributed by atoms with Crippen LogP contribution in [0.5, 0.6) is 0 Å². The number of nitrogens with one attached hydrogen (secondary N) is 2. The lowest BCUT2D eigenvalue weighted by Crippen LogP contribution is -2.43. The van der Waals surface area contributed by atoms with Crippen LogP contribution < -0.4 is 10.6 Å². The highest BCUT2D eigenvalue weighted by Crippen LogP contribution is 2.35. The standard InChI is InChI=1S/C22H32N6/c1-16-25-21-20(9-6-14-28(21)27-16)26-22(23-2)24-15-17-10-12-19(13-11-17)18-7-4-3-5-8-18/h3-5,7-8,17,19-20H,6,9-15H2,1-2H3,(H2,23,24,26). The number of rotatable bonds is 4. The lowest BCUT2D eigenvalue weighted by atomic mass is 9.79. The van der Waals surface area contributed by atoms with Crippen molar-refractivity contribution in [2.24, 2.45) is 10.9 Å². The summed E-state index contributed by atoms with van der Waals surface area (Å²) in [5, 5.41) is 11.6. The monoisotopic (exact) mass is 380 g/mol. The zero-order valence-electron chi connectivity index (χ0n) is 17.1. The second kappa shape index (κ2) is 8.76. The van der Waals surface area contributed by atoms with Gasteiger partial charge >= 0.3 is 0 Å². The molecule has 0 bridgehead atoms. The van der Waals surface area contributed by atoms with E-state index in [1.807, 2.05) is 18.7 Å². The molecular formula is C22H32N6. The molecule has 1 fully saturated rings. The third kappa shape index (κ3) is 4.37. The first-order valence-corrected chi connectivity index (χ1v) is 10.7. The summed E-state index contributed by atoms with van der Waals surface area (Å²) in [6, 6.07) is 11.2. The molecule has 2 heterocycles. The molecule has 150 valence electrons. The van der Waals surface area contributed by atoms with Crippen LogP contribution in [-0.4, -0.2) is 34.3 Å². The minimum atomic E-state index is 0.190. The van der Waals surface area contributed by atoms with Gasteiger partial charge in [-0.15, -0.1) is 0 Å². The van der Waals surface area contributed by atoms with E-state index in [-0.39, 0.29) is 6.04 Å². The van der Waals surface area contributed by atoms with Crippen LogP contribution in [0.25, 0.3) is 0 Å². The van der Waals surface area contributed by atoms with Crippen LogP contribution >= 0.6 is 0 Å². The predicted molar refractivity (Wildman–Crippen MR) is 112 cm³/mol. The normalized spacial score (nSPS) is 25.2. The van der Waals surface area contributed by atoms with Crippen LogP contribution in [0.1, 0.15) is 67.7 Å². The number of benzene rings is 1. The van der Waals surface area contributed by atoms with Gasteiger partial charge in [-0.25, -0.2) is 9.67 Å². The van der Waals surface area contributed by atoms with Crippen molar-refractivity contribution >= 4 is 5.96 Å². The van der Waals surface area contributed by atoms with Crippen LogP contribution in [-0.2, 0) is 6.54 Å². The highest BCUT2D eigenvalue weighted by molar-refractivity contribution is 5.80. The van der Waals surface area contributed by atoms with Crippen LogP contribution in [0.4, 0.5) is 0 Å². The molecule has 2 N–H and O–H groups in total. The molecule has 1 aliphatic heterocycles. The fraction of sp³-hybridized carbons (Fsp3) is 0.591. The van der Waals surface area contributed by atoms with Crippen LogP contribution in [0.15, 0.2) is 35.3 Å². The maximum Gasteiger partial charge on any atom is 0.191 e. The minimum Gasteiger partial charge on any atom is -0.356 e. The molecule has 6 heteroatoms. The van der Waals surface area contributed by atoms with Gasteiger partial charge in [-0.2, -0.15) is 5.10 Å². The second-order valence-corrected chi connectivity index (χ2v) is 8.16. The molecule has 2 aromatic rings. The fourth-order valence-electron chi connectivity index (χ4n) is 4.63. The lowest BCUT2D eigenvalue weighted by molar-refractivity contribution is 0.323. The average Bonchev–Trinajstić information content (AvgIpc) is 3.13. The number of guanidine groups is 1. The van der Waals surface area contributed by atoms with E-state index in [1.165, 1.54) is 31.2 Å². The van der Waals surface area contributed by atoms with Gasteiger partial charge in [-0.3, -0.25) is 4.99 Å². The number of hydrogen-bond acceptors (Lipinski definition) is 3. The Labute approximate surface area is 167 Å². The Hall–Kier alpha value is -2.37. The number of aromatic nitrogens is 3. The van der Waals surface area contributed by atoms with E-state index < -0.39 is 0 Å². The molecule has 0 radical (unpaired) electrons. The van der Waals surface area contributed by atoms with E-state index in [1.54, 1.807) is 0 Å². The Kier molecular flexibility index (Phi) is 5.93. The van der Waals surface area contributed by atoms with Crippen molar-refractivity contribution in [3.8, 4) is 0 Å². The zero-order valence-corrected chi connectivity index (χ0v) is 17.1. The summed E-state index contributed by atoms with van der Waals surface area (Å²) >= 11 is 0. The third-order valence-electron chi connectivity index (χ3n) is 6.19. The van der Waals surface area contributed by atoms with Gasteiger partial charge in [0, 0.05) is 20.1 Å². The summed E-state index contributed by atoms with van der Waals surface area (Å²) in [4.78, 5) is 9.06. The Morgan fingerprint density at radius 2 is 1.93 bits per heavy atom. The summed E-state index contributed by atoms with van der Waals surface area (Å²) in [5.74, 6) is 4.21. The fourth-order valence-corrected chi connectivity index (χ4v) is 4.63. The number of fused-ring (bicyclic) bond motifs is 1. The molecule has 1 unspecified atom stereocenters. The van der Waals surface area contributed by atoms with Crippen molar-refractivity contribution < 1.29 is 0 Å². The Morgan fingerprint density at radius 1 is 1.14 bits per heavy atom. The highest BCUT2D eigenvalue weighted by atomic mass is 15.4. The van der Waals surface area contributed by atoms with Gasteiger partial charge in [0.2, 0.25) is 0 Å². The van der Waals surface area contributed by atoms with E-state index in [2.05, 4.69) is 56.0 Å². The maximum absolute atomic E-state index is 4.61. The summed E-state index contributed by atoms with van der Waals surface area (Å²) in [6.07, 6.45) is 7.32. The molecule has 0 amide bonds. The first kappa shape index (κ1) is 19.0. The molecule has 6 nitrogen and oxygen atoms in total. The topological polar surface area (TPSA) is 67.1 Å². The lowest BCUT2D eigenvalue weighted by Gasteiger charge is -2.30. The van der Waals surface area contributed by atoms with E-state index in [0.717, 1.165) is 55.4 Å². The summed E-state index contributed by atoms with van der Waals surface area (Å²) in [6.45, 7) is 3.91. The molecule has 1 aromatic carbocycles. The number of aliphatic imine (C=N–C) groups is 1. The first-order chi connectivity index (χ1) is 13.7. The van der Waals surface area contributed by atoms with E-state index in [4.69, 9.17) is 0 Å². The quantitative estimate of drug-likeness (QED) is 0.629. The van der Waals surface area contributed by atoms with Crippen molar-refractivity contribution in [1.29, 1.82) is 0 Å². The predicted octanol–water partition coefficient (Wildman–Crippen LogP) is 3.56. The van der Waals surface area contributed by atoms with Gasteiger partial charge in [0.05, 0.1) is 6.04 Å². The second-order valence-electron chi connectivity index (χ2n) is 8.16. The summed E-state index contributed by atoms with van der Waals surface area (Å²) in [7, 11) is 1.85. The summed E-state index contributed by atoms with van der Waals surface area (Å²) in [5.41, 5.74) is 1.50. The van der Waals surface area contributed by atoms with Crippen LogP contribution in [0.2, 0.25) is 0 Å². The average molecular weight is 381 g/mol. The van der Waals surface area contributed by atoms with Gasteiger partial charge in [-0.1, -0.05) is 30.3 Å². The molecule has 0 saturated heterocycles. The Bertz CT molecular complexity index is 789. The number of hydrogen-bond donors (Lipinski definition) is 2. The van der Waals surface area contributed by atoms with E-state index in [9.17, 15) is 0 Å². The van der Waals surface area contributed by atoms with Crippen molar-refractivity contribution in [1.82, 2.24) is 25.4 Å². The molecule has 1 aliphatic carbocycles. The summed E-state index contributed by atoms with van der Waals surface area (Å²) < 4.78 is 2.04. The van der Waals surface area contributed by atoms with Crippen LogP contribution in [0, 0.1) is 12.8 Å². The molecular weight excluding hydrogens is 348 g/mol. The third-order valence-corrected chi connectivity index (χ3v) is 6.19. The van der Waals surface area contributed by atoms with Gasteiger partial charge < -0.3 is 10.6 Å². The van der Waals surface area contributed by atoms with Gasteiger partial charge in [-0.05, 0) is 62.8 Å². The highest BCUT2D eigenvalue weighted by Gasteiger charge is 2.25. The SMILES string of the molecule is CN=C(NCC1CCC(c2ccccc2)CC1)NC1CCCn2nc(C)nc21. The molecule has 28 heavy (non-hydrogen) atoms. The van der Waals surface area contributed by atoms with Crippen molar-refractivity contribution in [3.05, 3.63) is 47.5 Å². The van der Waals surface area contributed by atoms with Crippen LogP contribution in [0.3, 0.4) is 0 Å². The Balaban J connectivity index is 1.27. The smallest absolute Gasteiger partial charge is 0.191 e. The molecule has 4 rings (SSSR count). The van der Waals surface area contributed by atoms with Gasteiger partial charge in [0.15, 0.2) is 5.96 Å². The number of aryl methyl sites for hydroxylation is 2. The molecule has 1 atom stereocenters. The molecule has 1 aromatic heterocycles. The maximum atomic E-state index is 4.61. The first-order valence-electron chi connectivity index (χ1n) is 10.7. The van der Waals surface area contributed by atoms with Crippen molar-refractivity contribution in [2.45, 2.75) is 64.0 Å². The van der Waals surface area contributed by atoms with E-state index >= 15 is 0 Å². The molecule has 2 aliphatic rings.